The SMILES string of the molecule is CCNCC(C)NCc1cc2ccccc2o1. The van der Waals surface area contributed by atoms with Gasteiger partial charge in [-0.25, -0.2) is 0 Å². The summed E-state index contributed by atoms with van der Waals surface area (Å²) < 4.78 is 5.74. The zero-order valence-corrected chi connectivity index (χ0v) is 10.5. The number of benzene rings is 1. The van der Waals surface area contributed by atoms with Gasteiger partial charge in [-0.15, -0.1) is 0 Å². The highest BCUT2D eigenvalue weighted by atomic mass is 16.3. The van der Waals surface area contributed by atoms with Crippen LogP contribution in [0.4, 0.5) is 0 Å². The first-order valence-corrected chi connectivity index (χ1v) is 6.21. The second-order valence-electron chi connectivity index (χ2n) is 4.34. The Labute approximate surface area is 102 Å². The van der Waals surface area contributed by atoms with Crippen molar-refractivity contribution in [3.05, 3.63) is 36.1 Å². The molecular weight excluding hydrogens is 212 g/mol. The Morgan fingerprint density at radius 1 is 1.29 bits per heavy atom. The first-order valence-electron chi connectivity index (χ1n) is 6.21. The molecule has 3 heteroatoms. The molecule has 17 heavy (non-hydrogen) atoms. The summed E-state index contributed by atoms with van der Waals surface area (Å²) in [7, 11) is 0. The Hall–Kier alpha value is -1.32. The lowest BCUT2D eigenvalue weighted by Crippen LogP contribution is -2.35. The highest BCUT2D eigenvalue weighted by Crippen LogP contribution is 2.18. The molecule has 1 unspecified atom stereocenters. The molecule has 1 heterocycles. The average Bonchev–Trinajstić information content (AvgIpc) is 2.76. The number of hydrogen-bond donors (Lipinski definition) is 2. The third-order valence-corrected chi connectivity index (χ3v) is 2.80. The predicted octanol–water partition coefficient (Wildman–Crippen LogP) is 2.52. The molecule has 3 nitrogen and oxygen atoms in total. The molecule has 2 aromatic rings. The van der Waals surface area contributed by atoms with Crippen molar-refractivity contribution in [1.29, 1.82) is 0 Å². The molecule has 0 bridgehead atoms. The predicted molar refractivity (Wildman–Crippen MR) is 71.1 cm³/mol. The molecule has 1 aromatic carbocycles. The summed E-state index contributed by atoms with van der Waals surface area (Å²) in [4.78, 5) is 0. The lowest BCUT2D eigenvalue weighted by molar-refractivity contribution is 0.459. The average molecular weight is 232 g/mol. The van der Waals surface area contributed by atoms with Crippen LogP contribution in [0, 0.1) is 0 Å². The van der Waals surface area contributed by atoms with E-state index < -0.39 is 0 Å². The van der Waals surface area contributed by atoms with Gasteiger partial charge in [0.1, 0.15) is 11.3 Å². The van der Waals surface area contributed by atoms with Crippen LogP contribution in [0.3, 0.4) is 0 Å². The van der Waals surface area contributed by atoms with Crippen LogP contribution < -0.4 is 10.6 Å². The van der Waals surface area contributed by atoms with E-state index in [9.17, 15) is 0 Å². The minimum absolute atomic E-state index is 0.447. The van der Waals surface area contributed by atoms with E-state index in [1.54, 1.807) is 0 Å². The highest BCUT2D eigenvalue weighted by Gasteiger charge is 2.05. The number of para-hydroxylation sites is 1. The number of rotatable bonds is 6. The van der Waals surface area contributed by atoms with Crippen LogP contribution in [0.2, 0.25) is 0 Å². The van der Waals surface area contributed by atoms with Crippen LogP contribution in [-0.2, 0) is 6.54 Å². The first-order chi connectivity index (χ1) is 8.29. The summed E-state index contributed by atoms with van der Waals surface area (Å²) in [5.41, 5.74) is 0.962. The van der Waals surface area contributed by atoms with E-state index in [1.807, 2.05) is 18.2 Å². The molecule has 0 aliphatic carbocycles. The van der Waals surface area contributed by atoms with Crippen LogP contribution in [0.1, 0.15) is 19.6 Å². The topological polar surface area (TPSA) is 37.2 Å². The van der Waals surface area contributed by atoms with E-state index in [0.717, 1.165) is 31.0 Å². The molecule has 1 aromatic heterocycles. The number of nitrogens with one attached hydrogen (secondary N) is 2. The third-order valence-electron chi connectivity index (χ3n) is 2.80. The van der Waals surface area contributed by atoms with Crippen molar-refractivity contribution in [2.75, 3.05) is 13.1 Å². The van der Waals surface area contributed by atoms with Crippen molar-refractivity contribution in [2.24, 2.45) is 0 Å². The zero-order valence-electron chi connectivity index (χ0n) is 10.5. The lowest BCUT2D eigenvalue weighted by atomic mass is 10.2. The lowest BCUT2D eigenvalue weighted by Gasteiger charge is -2.12. The molecule has 0 amide bonds. The summed E-state index contributed by atoms with van der Waals surface area (Å²) in [6, 6.07) is 10.6. The standard InChI is InChI=1S/C14H20N2O/c1-3-15-9-11(2)16-10-13-8-12-6-4-5-7-14(12)17-13/h4-8,11,15-16H,3,9-10H2,1-2H3. The van der Waals surface area contributed by atoms with Crippen LogP contribution in [0.5, 0.6) is 0 Å². The van der Waals surface area contributed by atoms with Gasteiger partial charge in [0.15, 0.2) is 0 Å². The van der Waals surface area contributed by atoms with Crippen molar-refractivity contribution in [3.63, 3.8) is 0 Å². The van der Waals surface area contributed by atoms with Gasteiger partial charge in [-0.2, -0.15) is 0 Å². The summed E-state index contributed by atoms with van der Waals surface area (Å²) in [6.07, 6.45) is 0. The Morgan fingerprint density at radius 3 is 2.88 bits per heavy atom. The molecule has 2 rings (SSSR count). The molecule has 0 saturated heterocycles. The van der Waals surface area contributed by atoms with E-state index in [0.29, 0.717) is 6.04 Å². The van der Waals surface area contributed by atoms with Crippen LogP contribution in [-0.4, -0.2) is 19.1 Å². The smallest absolute Gasteiger partial charge is 0.134 e. The van der Waals surface area contributed by atoms with E-state index in [4.69, 9.17) is 4.42 Å². The van der Waals surface area contributed by atoms with Crippen LogP contribution >= 0.6 is 0 Å². The van der Waals surface area contributed by atoms with E-state index >= 15 is 0 Å². The van der Waals surface area contributed by atoms with Gasteiger partial charge >= 0.3 is 0 Å². The Bertz CT molecular complexity index is 431. The molecule has 2 N–H and O–H groups in total. The summed E-state index contributed by atoms with van der Waals surface area (Å²) in [5, 5.41) is 7.93. The van der Waals surface area contributed by atoms with Crippen molar-refractivity contribution >= 4 is 11.0 Å². The quantitative estimate of drug-likeness (QED) is 0.803. The number of likely N-dealkylation sites (N-methyl/N-ethyl adjacent to an activating group) is 1. The highest BCUT2D eigenvalue weighted by molar-refractivity contribution is 5.77. The number of furan rings is 1. The zero-order chi connectivity index (χ0) is 12.1. The molecule has 0 fully saturated rings. The molecule has 0 radical (unpaired) electrons. The van der Waals surface area contributed by atoms with Crippen molar-refractivity contribution < 1.29 is 4.42 Å². The van der Waals surface area contributed by atoms with Gasteiger partial charge in [-0.05, 0) is 25.6 Å². The van der Waals surface area contributed by atoms with E-state index in [1.165, 1.54) is 5.39 Å². The van der Waals surface area contributed by atoms with E-state index in [-0.39, 0.29) is 0 Å². The minimum Gasteiger partial charge on any atom is -0.460 e. The fourth-order valence-corrected chi connectivity index (χ4v) is 1.83. The second kappa shape index (κ2) is 5.84. The van der Waals surface area contributed by atoms with Gasteiger partial charge in [0, 0.05) is 18.0 Å². The third kappa shape index (κ3) is 3.32. The Kier molecular flexibility index (Phi) is 4.18. The maximum Gasteiger partial charge on any atom is 0.134 e. The molecule has 1 atom stereocenters. The van der Waals surface area contributed by atoms with Gasteiger partial charge < -0.3 is 15.1 Å². The monoisotopic (exact) mass is 232 g/mol. The number of hydrogen-bond acceptors (Lipinski definition) is 3. The van der Waals surface area contributed by atoms with Gasteiger partial charge in [-0.3, -0.25) is 0 Å². The molecule has 0 spiro atoms. The minimum atomic E-state index is 0.447. The van der Waals surface area contributed by atoms with Gasteiger partial charge in [0.2, 0.25) is 0 Å². The van der Waals surface area contributed by atoms with Crippen molar-refractivity contribution in [3.8, 4) is 0 Å². The second-order valence-corrected chi connectivity index (χ2v) is 4.34. The normalized spacial score (nSPS) is 13.1. The number of fused-ring (bicyclic) bond motifs is 1. The van der Waals surface area contributed by atoms with Gasteiger partial charge in [-0.1, -0.05) is 25.1 Å². The molecule has 0 aliphatic heterocycles. The molecule has 0 aliphatic rings. The van der Waals surface area contributed by atoms with Crippen LogP contribution in [0.25, 0.3) is 11.0 Å². The van der Waals surface area contributed by atoms with Crippen LogP contribution in [0.15, 0.2) is 34.7 Å². The molecule has 0 saturated carbocycles. The fourth-order valence-electron chi connectivity index (χ4n) is 1.83. The van der Waals surface area contributed by atoms with E-state index in [2.05, 4.69) is 36.6 Å². The van der Waals surface area contributed by atoms with Gasteiger partial charge in [0.25, 0.3) is 0 Å². The Balaban J connectivity index is 1.90. The maximum absolute atomic E-state index is 5.74. The summed E-state index contributed by atoms with van der Waals surface area (Å²) in [5.74, 6) is 0.995. The fraction of sp³-hybridized carbons (Fsp3) is 0.429. The largest absolute Gasteiger partial charge is 0.460 e. The summed E-state index contributed by atoms with van der Waals surface area (Å²) in [6.45, 7) is 7.06. The summed E-state index contributed by atoms with van der Waals surface area (Å²) >= 11 is 0. The first kappa shape index (κ1) is 12.1. The molecular formula is C14H20N2O. The Morgan fingerprint density at radius 2 is 2.12 bits per heavy atom. The van der Waals surface area contributed by atoms with Crippen molar-refractivity contribution in [2.45, 2.75) is 26.4 Å². The van der Waals surface area contributed by atoms with Crippen molar-refractivity contribution in [1.82, 2.24) is 10.6 Å². The maximum atomic E-state index is 5.74. The molecule has 92 valence electrons. The van der Waals surface area contributed by atoms with Gasteiger partial charge in [0.05, 0.1) is 6.54 Å².